The van der Waals surface area contributed by atoms with Gasteiger partial charge in [0.05, 0.1) is 0 Å². The molecule has 1 aromatic heterocycles. The molecule has 0 spiro atoms. The first kappa shape index (κ1) is 19.4. The van der Waals surface area contributed by atoms with Crippen LogP contribution in [0.15, 0.2) is 83.3 Å². The largest absolute Gasteiger partial charge is 0.418 e. The number of nitrogens with one attached hydrogen (secondary N) is 2. The Balaban J connectivity index is 1.60. The van der Waals surface area contributed by atoms with E-state index in [2.05, 4.69) is 20.8 Å². The fraction of sp³-hybridized carbons (Fsp3) is 0.125. The maximum absolute atomic E-state index is 12.8. The van der Waals surface area contributed by atoms with E-state index >= 15 is 0 Å². The Labute approximate surface area is 175 Å². The highest BCUT2D eigenvalue weighted by Gasteiger charge is 2.23. The molecule has 4 aromatic rings. The van der Waals surface area contributed by atoms with E-state index < -0.39 is 6.04 Å². The molecule has 0 bridgehead atoms. The normalized spacial score (nSPS) is 11.7. The predicted molar refractivity (Wildman–Crippen MR) is 116 cm³/mol. The summed E-state index contributed by atoms with van der Waals surface area (Å²) >= 11 is 0. The number of rotatable bonds is 5. The molecule has 0 radical (unpaired) electrons. The minimum Gasteiger partial charge on any atom is -0.418 e. The number of nitrogens with zero attached hydrogens (tertiary/aromatic N) is 2. The van der Waals surface area contributed by atoms with Gasteiger partial charge in [-0.2, -0.15) is 0 Å². The third-order valence-electron chi connectivity index (χ3n) is 4.76. The van der Waals surface area contributed by atoms with Crippen LogP contribution >= 0.6 is 0 Å². The van der Waals surface area contributed by atoms with Gasteiger partial charge in [0.1, 0.15) is 6.04 Å². The molecule has 1 atom stereocenters. The summed E-state index contributed by atoms with van der Waals surface area (Å²) in [6.45, 7) is 3.94. The maximum atomic E-state index is 12.8. The maximum Gasteiger partial charge on any atom is 0.320 e. The number of hydrogen-bond acceptors (Lipinski definition) is 4. The van der Waals surface area contributed by atoms with Gasteiger partial charge < -0.3 is 15.1 Å². The highest BCUT2D eigenvalue weighted by atomic mass is 16.4. The number of hydrogen-bond donors (Lipinski definition) is 2. The van der Waals surface area contributed by atoms with Crippen LogP contribution in [0.3, 0.4) is 0 Å². The van der Waals surface area contributed by atoms with Crippen molar-refractivity contribution in [1.82, 2.24) is 15.5 Å². The Morgan fingerprint density at radius 2 is 1.60 bits per heavy atom. The summed E-state index contributed by atoms with van der Waals surface area (Å²) in [4.78, 5) is 12.8. The lowest BCUT2D eigenvalue weighted by Gasteiger charge is -2.17. The predicted octanol–water partition coefficient (Wildman–Crippen LogP) is 5.26. The van der Waals surface area contributed by atoms with Gasteiger partial charge in [0.15, 0.2) is 0 Å². The van der Waals surface area contributed by atoms with Gasteiger partial charge >= 0.3 is 6.03 Å². The summed E-state index contributed by atoms with van der Waals surface area (Å²) < 4.78 is 5.92. The molecule has 2 N–H and O–H groups in total. The lowest BCUT2D eigenvalue weighted by atomic mass is 10.1. The SMILES string of the molecule is Cc1ccc(C)c(NC(=O)N[C@H](c2ccccc2)c2nnc(-c3ccccc3)o2)c1. The van der Waals surface area contributed by atoms with Crippen LogP contribution in [0.2, 0.25) is 0 Å². The second-order valence-electron chi connectivity index (χ2n) is 7.07. The molecule has 3 aromatic carbocycles. The van der Waals surface area contributed by atoms with E-state index in [9.17, 15) is 4.79 Å². The average Bonchev–Trinajstić information content (AvgIpc) is 3.26. The molecule has 0 saturated carbocycles. The molecular weight excluding hydrogens is 376 g/mol. The Bertz CT molecular complexity index is 1140. The van der Waals surface area contributed by atoms with Crippen LogP contribution in [-0.4, -0.2) is 16.2 Å². The molecule has 1 heterocycles. The van der Waals surface area contributed by atoms with Crippen molar-refractivity contribution in [2.75, 3.05) is 5.32 Å². The van der Waals surface area contributed by atoms with Gasteiger partial charge in [-0.1, -0.05) is 60.7 Å². The van der Waals surface area contributed by atoms with Gasteiger partial charge in [-0.05, 0) is 48.7 Å². The molecule has 6 heteroatoms. The molecule has 6 nitrogen and oxygen atoms in total. The zero-order valence-corrected chi connectivity index (χ0v) is 16.8. The lowest BCUT2D eigenvalue weighted by molar-refractivity contribution is 0.248. The highest BCUT2D eigenvalue weighted by Crippen LogP contribution is 2.25. The fourth-order valence-electron chi connectivity index (χ4n) is 3.14. The standard InChI is InChI=1S/C24H22N4O2/c1-16-13-14-17(2)20(15-16)25-24(29)26-21(18-9-5-3-6-10-18)23-28-27-22(30-23)19-11-7-4-8-12-19/h3-15,21H,1-2H3,(H2,25,26,29)/t21-/m1/s1. The van der Waals surface area contributed by atoms with Gasteiger partial charge in [0, 0.05) is 11.3 Å². The van der Waals surface area contributed by atoms with E-state index in [1.54, 1.807) is 0 Å². The molecule has 0 aliphatic heterocycles. The molecule has 30 heavy (non-hydrogen) atoms. The van der Waals surface area contributed by atoms with Crippen molar-refractivity contribution in [3.8, 4) is 11.5 Å². The van der Waals surface area contributed by atoms with Gasteiger partial charge in [0.25, 0.3) is 0 Å². The second kappa shape index (κ2) is 8.61. The minimum atomic E-state index is -0.582. The number of carbonyl (C=O) groups is 1. The highest BCUT2D eigenvalue weighted by molar-refractivity contribution is 5.90. The molecule has 0 aliphatic carbocycles. The fourth-order valence-corrected chi connectivity index (χ4v) is 3.14. The Morgan fingerprint density at radius 3 is 2.33 bits per heavy atom. The number of carbonyl (C=O) groups excluding carboxylic acids is 1. The first-order valence-electron chi connectivity index (χ1n) is 9.69. The van der Waals surface area contributed by atoms with E-state index in [0.29, 0.717) is 11.8 Å². The molecule has 0 fully saturated rings. The Hall–Kier alpha value is -3.93. The topological polar surface area (TPSA) is 80.0 Å². The van der Waals surface area contributed by atoms with Crippen LogP contribution in [0.4, 0.5) is 10.5 Å². The summed E-state index contributed by atoms with van der Waals surface area (Å²) in [5.74, 6) is 0.722. The third-order valence-corrected chi connectivity index (χ3v) is 4.76. The van der Waals surface area contributed by atoms with Crippen LogP contribution in [0.1, 0.15) is 28.6 Å². The van der Waals surface area contributed by atoms with Gasteiger partial charge in [0.2, 0.25) is 11.8 Å². The summed E-state index contributed by atoms with van der Waals surface area (Å²) in [7, 11) is 0. The quantitative estimate of drug-likeness (QED) is 0.480. The summed E-state index contributed by atoms with van der Waals surface area (Å²) in [6, 6.07) is 24.1. The monoisotopic (exact) mass is 398 g/mol. The first-order valence-corrected chi connectivity index (χ1v) is 9.69. The van der Waals surface area contributed by atoms with E-state index in [4.69, 9.17) is 4.42 Å². The van der Waals surface area contributed by atoms with Gasteiger partial charge in [-0.15, -0.1) is 10.2 Å². The molecule has 0 saturated heterocycles. The summed E-state index contributed by atoms with van der Waals surface area (Å²) in [5, 5.41) is 14.2. The van der Waals surface area contributed by atoms with Crippen molar-refractivity contribution in [2.45, 2.75) is 19.9 Å². The first-order chi connectivity index (χ1) is 14.6. The zero-order chi connectivity index (χ0) is 20.9. The van der Waals surface area contributed by atoms with Gasteiger partial charge in [-0.3, -0.25) is 0 Å². The Morgan fingerprint density at radius 1 is 0.900 bits per heavy atom. The molecule has 2 amide bonds. The number of benzene rings is 3. The van der Waals surface area contributed by atoms with Crippen LogP contribution < -0.4 is 10.6 Å². The molecule has 150 valence electrons. The lowest BCUT2D eigenvalue weighted by Crippen LogP contribution is -2.33. The van der Waals surface area contributed by atoms with Crippen molar-refractivity contribution in [2.24, 2.45) is 0 Å². The second-order valence-corrected chi connectivity index (χ2v) is 7.07. The number of aromatic nitrogens is 2. The Kier molecular flexibility index (Phi) is 5.57. The van der Waals surface area contributed by atoms with E-state index in [1.165, 1.54) is 0 Å². The molecule has 0 unspecified atom stereocenters. The third kappa shape index (κ3) is 4.38. The smallest absolute Gasteiger partial charge is 0.320 e. The molecule has 0 aliphatic rings. The van der Waals surface area contributed by atoms with Crippen molar-refractivity contribution >= 4 is 11.7 Å². The van der Waals surface area contributed by atoms with E-state index in [-0.39, 0.29) is 6.03 Å². The minimum absolute atomic E-state index is 0.316. The average molecular weight is 398 g/mol. The number of anilines is 1. The summed E-state index contributed by atoms with van der Waals surface area (Å²) in [5.41, 5.74) is 4.48. The van der Waals surface area contributed by atoms with Crippen molar-refractivity contribution in [3.05, 3.63) is 101 Å². The van der Waals surface area contributed by atoms with Crippen LogP contribution in [0.5, 0.6) is 0 Å². The number of amides is 2. The van der Waals surface area contributed by atoms with Crippen molar-refractivity contribution in [3.63, 3.8) is 0 Å². The number of aryl methyl sites for hydroxylation is 2. The van der Waals surface area contributed by atoms with Gasteiger partial charge in [-0.25, -0.2) is 4.79 Å². The van der Waals surface area contributed by atoms with Crippen LogP contribution in [0.25, 0.3) is 11.5 Å². The van der Waals surface area contributed by atoms with E-state index in [0.717, 1.165) is 27.9 Å². The van der Waals surface area contributed by atoms with Crippen molar-refractivity contribution < 1.29 is 9.21 Å². The zero-order valence-electron chi connectivity index (χ0n) is 16.8. The summed E-state index contributed by atoms with van der Waals surface area (Å²) in [6.07, 6.45) is 0. The molecular formula is C24H22N4O2. The van der Waals surface area contributed by atoms with Crippen LogP contribution in [0, 0.1) is 13.8 Å². The van der Waals surface area contributed by atoms with Crippen LogP contribution in [-0.2, 0) is 0 Å². The number of urea groups is 1. The van der Waals surface area contributed by atoms with E-state index in [1.807, 2.05) is 92.7 Å². The van der Waals surface area contributed by atoms with Crippen molar-refractivity contribution in [1.29, 1.82) is 0 Å². The molecule has 4 rings (SSSR count).